The van der Waals surface area contributed by atoms with Crippen LogP contribution in [0.2, 0.25) is 0 Å². The van der Waals surface area contributed by atoms with Crippen molar-refractivity contribution in [2.24, 2.45) is 0 Å². The van der Waals surface area contributed by atoms with E-state index in [9.17, 15) is 4.79 Å². The Morgan fingerprint density at radius 3 is 3.20 bits per heavy atom. The average molecular weight is 145 g/mol. The molecule has 58 valence electrons. The molecule has 0 bridgehead atoms. The van der Waals surface area contributed by atoms with E-state index in [0.29, 0.717) is 6.61 Å². The van der Waals surface area contributed by atoms with Crippen LogP contribution in [-0.2, 0) is 9.57 Å². The Morgan fingerprint density at radius 2 is 2.60 bits per heavy atom. The van der Waals surface area contributed by atoms with Gasteiger partial charge in [-0.25, -0.2) is 4.79 Å². The molecule has 1 atom stereocenters. The van der Waals surface area contributed by atoms with Crippen LogP contribution in [0.5, 0.6) is 0 Å². The first kappa shape index (κ1) is 7.34. The van der Waals surface area contributed by atoms with Gasteiger partial charge in [-0.05, 0) is 6.42 Å². The van der Waals surface area contributed by atoms with Crippen molar-refractivity contribution in [1.29, 1.82) is 0 Å². The second kappa shape index (κ2) is 3.41. The summed E-state index contributed by atoms with van der Waals surface area (Å²) in [6, 6.07) is 0. The van der Waals surface area contributed by atoms with Crippen molar-refractivity contribution >= 4 is 6.09 Å². The van der Waals surface area contributed by atoms with Gasteiger partial charge in [-0.2, -0.15) is 5.48 Å². The van der Waals surface area contributed by atoms with E-state index in [4.69, 9.17) is 9.57 Å². The molecule has 0 aromatic rings. The SMILES string of the molecule is CCCC1CONC(=O)O1. The van der Waals surface area contributed by atoms with Gasteiger partial charge in [-0.15, -0.1) is 0 Å². The van der Waals surface area contributed by atoms with Crippen LogP contribution in [0, 0.1) is 0 Å². The maximum atomic E-state index is 10.5. The first-order chi connectivity index (χ1) is 4.83. The Labute approximate surface area is 59.5 Å². The molecular weight excluding hydrogens is 134 g/mol. The van der Waals surface area contributed by atoms with Crippen LogP contribution in [0.4, 0.5) is 4.79 Å². The molecule has 1 aliphatic heterocycles. The number of hydrogen-bond acceptors (Lipinski definition) is 3. The van der Waals surface area contributed by atoms with E-state index >= 15 is 0 Å². The summed E-state index contributed by atoms with van der Waals surface area (Å²) in [6.07, 6.45) is 1.33. The number of ether oxygens (including phenoxy) is 1. The van der Waals surface area contributed by atoms with Gasteiger partial charge in [0.05, 0.1) is 0 Å². The molecule has 4 nitrogen and oxygen atoms in total. The fraction of sp³-hybridized carbons (Fsp3) is 0.833. The zero-order valence-corrected chi connectivity index (χ0v) is 5.92. The van der Waals surface area contributed by atoms with Crippen molar-refractivity contribution in [3.8, 4) is 0 Å². The van der Waals surface area contributed by atoms with E-state index in [0.717, 1.165) is 12.8 Å². The van der Waals surface area contributed by atoms with Crippen molar-refractivity contribution < 1.29 is 14.4 Å². The van der Waals surface area contributed by atoms with Crippen molar-refractivity contribution in [1.82, 2.24) is 5.48 Å². The van der Waals surface area contributed by atoms with Gasteiger partial charge in [-0.1, -0.05) is 13.3 Å². The number of hydroxylamine groups is 1. The van der Waals surface area contributed by atoms with E-state index in [2.05, 4.69) is 5.48 Å². The lowest BCUT2D eigenvalue weighted by Crippen LogP contribution is -2.39. The summed E-state index contributed by atoms with van der Waals surface area (Å²) in [5.74, 6) is 0. The van der Waals surface area contributed by atoms with Crippen molar-refractivity contribution in [3.05, 3.63) is 0 Å². The lowest BCUT2D eigenvalue weighted by atomic mass is 10.2. The van der Waals surface area contributed by atoms with Crippen molar-refractivity contribution in [3.63, 3.8) is 0 Å². The molecule has 1 amide bonds. The zero-order chi connectivity index (χ0) is 7.40. The third-order valence-corrected chi connectivity index (χ3v) is 1.31. The predicted octanol–water partition coefficient (Wildman–Crippen LogP) is 0.827. The molecule has 4 heteroatoms. The molecule has 0 spiro atoms. The van der Waals surface area contributed by atoms with Gasteiger partial charge >= 0.3 is 6.09 Å². The van der Waals surface area contributed by atoms with Crippen LogP contribution >= 0.6 is 0 Å². The molecule has 1 heterocycles. The van der Waals surface area contributed by atoms with Crippen LogP contribution in [0.15, 0.2) is 0 Å². The number of cyclic esters (lactones) is 1. The Morgan fingerprint density at radius 1 is 1.80 bits per heavy atom. The van der Waals surface area contributed by atoms with Crippen LogP contribution in [0.25, 0.3) is 0 Å². The van der Waals surface area contributed by atoms with E-state index in [-0.39, 0.29) is 6.10 Å². The molecule has 10 heavy (non-hydrogen) atoms. The van der Waals surface area contributed by atoms with Crippen molar-refractivity contribution in [2.75, 3.05) is 6.61 Å². The largest absolute Gasteiger partial charge is 0.442 e. The molecule has 1 fully saturated rings. The predicted molar refractivity (Wildman–Crippen MR) is 34.3 cm³/mol. The van der Waals surface area contributed by atoms with Gasteiger partial charge in [-0.3, -0.25) is 4.84 Å². The quantitative estimate of drug-likeness (QED) is 0.626. The van der Waals surface area contributed by atoms with Crippen LogP contribution in [0.1, 0.15) is 19.8 Å². The highest BCUT2D eigenvalue weighted by Gasteiger charge is 2.19. The summed E-state index contributed by atoms with van der Waals surface area (Å²) in [7, 11) is 0. The first-order valence-electron chi connectivity index (χ1n) is 3.41. The summed E-state index contributed by atoms with van der Waals surface area (Å²) in [5.41, 5.74) is 2.11. The Balaban J connectivity index is 2.25. The molecular formula is C6H11NO3. The summed E-state index contributed by atoms with van der Waals surface area (Å²) >= 11 is 0. The minimum absolute atomic E-state index is 0.0567. The summed E-state index contributed by atoms with van der Waals surface area (Å²) < 4.78 is 4.85. The monoisotopic (exact) mass is 145 g/mol. The van der Waals surface area contributed by atoms with Gasteiger partial charge in [0.2, 0.25) is 0 Å². The maximum absolute atomic E-state index is 10.5. The number of hydrogen-bond donors (Lipinski definition) is 1. The zero-order valence-electron chi connectivity index (χ0n) is 5.92. The van der Waals surface area contributed by atoms with Crippen molar-refractivity contribution in [2.45, 2.75) is 25.9 Å². The van der Waals surface area contributed by atoms with Crippen LogP contribution < -0.4 is 5.48 Å². The average Bonchev–Trinajstić information content (AvgIpc) is 1.88. The number of carbonyl (C=O) groups excluding carboxylic acids is 1. The summed E-state index contributed by atoms with van der Waals surface area (Å²) in [6.45, 7) is 2.50. The van der Waals surface area contributed by atoms with Gasteiger partial charge in [0.1, 0.15) is 12.7 Å². The van der Waals surface area contributed by atoms with Crippen LogP contribution in [0.3, 0.4) is 0 Å². The highest BCUT2D eigenvalue weighted by atomic mass is 16.7. The normalized spacial score (nSPS) is 25.3. The maximum Gasteiger partial charge on any atom is 0.431 e. The fourth-order valence-electron chi connectivity index (χ4n) is 0.867. The first-order valence-corrected chi connectivity index (χ1v) is 3.41. The molecule has 1 unspecified atom stereocenters. The number of carbonyl (C=O) groups is 1. The number of amides is 1. The number of rotatable bonds is 2. The molecule has 1 N–H and O–H groups in total. The second-order valence-corrected chi connectivity index (χ2v) is 2.23. The molecule has 1 rings (SSSR count). The minimum atomic E-state index is -0.482. The molecule has 0 saturated carbocycles. The lowest BCUT2D eigenvalue weighted by Gasteiger charge is -2.21. The third kappa shape index (κ3) is 1.88. The topological polar surface area (TPSA) is 47.6 Å². The second-order valence-electron chi connectivity index (χ2n) is 2.23. The standard InChI is InChI=1S/C6H11NO3/c1-2-3-5-4-9-7-6(8)10-5/h5H,2-4H2,1H3,(H,7,8). The molecule has 0 aliphatic carbocycles. The molecule has 0 aromatic heterocycles. The molecule has 1 aliphatic rings. The molecule has 0 radical (unpaired) electrons. The summed E-state index contributed by atoms with van der Waals surface area (Å²) in [5, 5.41) is 0. The fourth-order valence-corrected chi connectivity index (χ4v) is 0.867. The number of nitrogens with one attached hydrogen (secondary N) is 1. The van der Waals surface area contributed by atoms with Gasteiger partial charge in [0.15, 0.2) is 0 Å². The van der Waals surface area contributed by atoms with Gasteiger partial charge in [0, 0.05) is 0 Å². The Bertz CT molecular complexity index is 124. The molecule has 1 saturated heterocycles. The smallest absolute Gasteiger partial charge is 0.431 e. The van der Waals surface area contributed by atoms with Gasteiger partial charge < -0.3 is 4.74 Å². The minimum Gasteiger partial charge on any atom is -0.442 e. The Hall–Kier alpha value is -0.770. The van der Waals surface area contributed by atoms with E-state index in [1.165, 1.54) is 0 Å². The highest BCUT2D eigenvalue weighted by molar-refractivity contribution is 5.66. The van der Waals surface area contributed by atoms with E-state index < -0.39 is 6.09 Å². The highest BCUT2D eigenvalue weighted by Crippen LogP contribution is 2.05. The Kier molecular flexibility index (Phi) is 2.50. The summed E-state index contributed by atoms with van der Waals surface area (Å²) in [4.78, 5) is 15.2. The molecule has 0 aromatic carbocycles. The van der Waals surface area contributed by atoms with E-state index in [1.807, 2.05) is 6.92 Å². The lowest BCUT2D eigenvalue weighted by molar-refractivity contribution is -0.0750. The van der Waals surface area contributed by atoms with Gasteiger partial charge in [0.25, 0.3) is 0 Å². The van der Waals surface area contributed by atoms with E-state index in [1.54, 1.807) is 0 Å². The van der Waals surface area contributed by atoms with Crippen LogP contribution in [-0.4, -0.2) is 18.8 Å². The third-order valence-electron chi connectivity index (χ3n) is 1.31.